The number of nitrogens with zero attached hydrogens (tertiary/aromatic N) is 3. The number of amides is 1. The molecule has 2 rings (SSSR count). The Hall–Kier alpha value is -1.66. The minimum atomic E-state index is -0.493. The van der Waals surface area contributed by atoms with Gasteiger partial charge >= 0.3 is 0 Å². The Morgan fingerprint density at radius 2 is 1.94 bits per heavy atom. The molecule has 8 heteroatoms. The van der Waals surface area contributed by atoms with Crippen LogP contribution < -0.4 is 5.32 Å². The lowest BCUT2D eigenvalue weighted by molar-refractivity contribution is 0.101. The van der Waals surface area contributed by atoms with E-state index in [0.717, 1.165) is 0 Å². The first-order valence-electron chi connectivity index (χ1n) is 4.16. The molecule has 1 heterocycles. The van der Waals surface area contributed by atoms with Gasteiger partial charge in [0.15, 0.2) is 0 Å². The third-order valence-electron chi connectivity index (χ3n) is 1.67. The van der Waals surface area contributed by atoms with Crippen LogP contribution in [0, 0.1) is 0 Å². The Morgan fingerprint density at radius 1 is 1.25 bits per heavy atom. The Labute approximate surface area is 99.9 Å². The van der Waals surface area contributed by atoms with Crippen LogP contribution in [0.25, 0.3) is 0 Å². The summed E-state index contributed by atoms with van der Waals surface area (Å²) in [5.74, 6) is -0.553. The van der Waals surface area contributed by atoms with Crippen LogP contribution >= 0.6 is 23.2 Å². The number of anilines is 1. The van der Waals surface area contributed by atoms with E-state index in [4.69, 9.17) is 23.2 Å². The highest BCUT2D eigenvalue weighted by Gasteiger charge is 2.11. The van der Waals surface area contributed by atoms with Crippen molar-refractivity contribution in [2.45, 2.75) is 0 Å². The Balaban J connectivity index is 2.18. The van der Waals surface area contributed by atoms with E-state index < -0.39 is 5.91 Å². The van der Waals surface area contributed by atoms with Gasteiger partial charge in [-0.3, -0.25) is 4.79 Å². The van der Waals surface area contributed by atoms with E-state index in [9.17, 15) is 4.79 Å². The van der Waals surface area contributed by atoms with E-state index in [0.29, 0.717) is 15.7 Å². The number of aromatic amines is 1. The maximum absolute atomic E-state index is 11.5. The number of tetrazole rings is 1. The number of hydrogen-bond acceptors (Lipinski definition) is 4. The van der Waals surface area contributed by atoms with Gasteiger partial charge in [0.25, 0.3) is 11.7 Å². The van der Waals surface area contributed by atoms with Gasteiger partial charge in [-0.15, -0.1) is 10.2 Å². The molecule has 0 unspecified atom stereocenters. The highest BCUT2D eigenvalue weighted by molar-refractivity contribution is 6.35. The lowest BCUT2D eigenvalue weighted by Gasteiger charge is -2.03. The van der Waals surface area contributed by atoms with Crippen molar-refractivity contribution < 1.29 is 4.79 Å². The predicted octanol–water partition coefficient (Wildman–Crippen LogP) is 1.76. The number of H-pyrrole nitrogens is 1. The normalized spacial score (nSPS) is 10.1. The van der Waals surface area contributed by atoms with Gasteiger partial charge in [0, 0.05) is 15.7 Å². The van der Waals surface area contributed by atoms with Crippen molar-refractivity contribution in [2.24, 2.45) is 0 Å². The SMILES string of the molecule is O=C(Nc1cc(Cl)cc(Cl)c1)c1nn[nH]n1. The van der Waals surface area contributed by atoms with Gasteiger partial charge in [-0.05, 0) is 23.4 Å². The highest BCUT2D eigenvalue weighted by atomic mass is 35.5. The molecule has 0 spiro atoms. The fourth-order valence-electron chi connectivity index (χ4n) is 1.07. The summed E-state index contributed by atoms with van der Waals surface area (Å²) in [4.78, 5) is 11.5. The molecule has 6 nitrogen and oxygen atoms in total. The third kappa shape index (κ3) is 2.47. The van der Waals surface area contributed by atoms with Crippen LogP contribution in [-0.4, -0.2) is 26.5 Å². The molecule has 0 atom stereocenters. The molecule has 0 bridgehead atoms. The summed E-state index contributed by atoms with van der Waals surface area (Å²) in [7, 11) is 0. The van der Waals surface area contributed by atoms with Crippen molar-refractivity contribution in [3.05, 3.63) is 34.1 Å². The molecule has 2 aromatic rings. The van der Waals surface area contributed by atoms with Crippen LogP contribution in [0.4, 0.5) is 5.69 Å². The minimum Gasteiger partial charge on any atom is -0.319 e. The fraction of sp³-hybridized carbons (Fsp3) is 0. The van der Waals surface area contributed by atoms with E-state index in [1.807, 2.05) is 0 Å². The number of hydrogen-bond donors (Lipinski definition) is 2. The largest absolute Gasteiger partial charge is 0.319 e. The molecule has 0 aliphatic heterocycles. The van der Waals surface area contributed by atoms with Crippen molar-refractivity contribution in [2.75, 3.05) is 5.32 Å². The molecule has 0 radical (unpaired) electrons. The third-order valence-corrected chi connectivity index (χ3v) is 2.11. The standard InChI is InChI=1S/C8H5Cl2N5O/c9-4-1-5(10)3-6(2-4)11-8(16)7-12-14-15-13-7/h1-3H,(H,11,16)(H,12,13,14,15). The second-order valence-electron chi connectivity index (χ2n) is 2.85. The van der Waals surface area contributed by atoms with Gasteiger partial charge in [-0.2, -0.15) is 5.21 Å². The van der Waals surface area contributed by atoms with Crippen LogP contribution in [-0.2, 0) is 0 Å². The minimum absolute atomic E-state index is 0.0592. The summed E-state index contributed by atoms with van der Waals surface area (Å²) in [6.07, 6.45) is 0. The highest BCUT2D eigenvalue weighted by Crippen LogP contribution is 2.22. The first-order chi connectivity index (χ1) is 7.65. The summed E-state index contributed by atoms with van der Waals surface area (Å²) in [6, 6.07) is 4.68. The van der Waals surface area contributed by atoms with Crippen molar-refractivity contribution in [3.63, 3.8) is 0 Å². The summed E-state index contributed by atoms with van der Waals surface area (Å²) < 4.78 is 0. The Bertz CT molecular complexity index is 493. The van der Waals surface area contributed by atoms with E-state index in [1.54, 1.807) is 18.2 Å². The van der Waals surface area contributed by atoms with Crippen molar-refractivity contribution in [3.8, 4) is 0 Å². The zero-order valence-electron chi connectivity index (χ0n) is 7.74. The van der Waals surface area contributed by atoms with Gasteiger partial charge in [0.2, 0.25) is 0 Å². The van der Waals surface area contributed by atoms with E-state index in [1.165, 1.54) is 0 Å². The first-order valence-corrected chi connectivity index (χ1v) is 4.91. The Kier molecular flexibility index (Phi) is 3.02. The summed E-state index contributed by atoms with van der Waals surface area (Å²) >= 11 is 11.5. The van der Waals surface area contributed by atoms with E-state index >= 15 is 0 Å². The molecule has 82 valence electrons. The van der Waals surface area contributed by atoms with Crippen molar-refractivity contribution in [1.82, 2.24) is 20.6 Å². The average molecular weight is 258 g/mol. The zero-order valence-corrected chi connectivity index (χ0v) is 9.25. The quantitative estimate of drug-likeness (QED) is 0.859. The van der Waals surface area contributed by atoms with Gasteiger partial charge in [-0.1, -0.05) is 23.2 Å². The molecule has 1 aromatic carbocycles. The van der Waals surface area contributed by atoms with Gasteiger partial charge in [0.1, 0.15) is 0 Å². The molecule has 0 aliphatic rings. The maximum Gasteiger partial charge on any atom is 0.297 e. The van der Waals surface area contributed by atoms with Crippen LogP contribution in [0.3, 0.4) is 0 Å². The van der Waals surface area contributed by atoms with Crippen molar-refractivity contribution in [1.29, 1.82) is 0 Å². The van der Waals surface area contributed by atoms with Crippen LogP contribution in [0.2, 0.25) is 10.0 Å². The topological polar surface area (TPSA) is 83.6 Å². The van der Waals surface area contributed by atoms with E-state index in [2.05, 4.69) is 25.9 Å². The summed E-state index contributed by atoms with van der Waals surface area (Å²) in [5, 5.41) is 15.9. The molecule has 1 amide bonds. The molecule has 2 N–H and O–H groups in total. The molecule has 0 aliphatic carbocycles. The second-order valence-corrected chi connectivity index (χ2v) is 3.72. The monoisotopic (exact) mass is 257 g/mol. The lowest BCUT2D eigenvalue weighted by Crippen LogP contribution is -2.13. The van der Waals surface area contributed by atoms with Gasteiger partial charge < -0.3 is 5.32 Å². The lowest BCUT2D eigenvalue weighted by atomic mass is 10.3. The van der Waals surface area contributed by atoms with Gasteiger partial charge in [-0.25, -0.2) is 0 Å². The van der Waals surface area contributed by atoms with Crippen molar-refractivity contribution >= 4 is 34.8 Å². The number of nitrogens with one attached hydrogen (secondary N) is 2. The number of halogens is 2. The number of benzene rings is 1. The van der Waals surface area contributed by atoms with E-state index in [-0.39, 0.29) is 5.82 Å². The fourth-order valence-corrected chi connectivity index (χ4v) is 1.60. The van der Waals surface area contributed by atoms with Crippen LogP contribution in [0.1, 0.15) is 10.6 Å². The molecule has 0 saturated heterocycles. The number of rotatable bonds is 2. The molecular formula is C8H5Cl2N5O. The number of carbonyl (C=O) groups excluding carboxylic acids is 1. The average Bonchev–Trinajstić information content (AvgIpc) is 2.68. The summed E-state index contributed by atoms with van der Waals surface area (Å²) in [6.45, 7) is 0. The number of aromatic nitrogens is 4. The molecule has 0 fully saturated rings. The first kappa shape index (κ1) is 10.8. The summed E-state index contributed by atoms with van der Waals surface area (Å²) in [5.41, 5.74) is 0.465. The van der Waals surface area contributed by atoms with Crippen LogP contribution in [0.15, 0.2) is 18.2 Å². The molecule has 1 aromatic heterocycles. The smallest absolute Gasteiger partial charge is 0.297 e. The van der Waals surface area contributed by atoms with Crippen LogP contribution in [0.5, 0.6) is 0 Å². The molecule has 0 saturated carbocycles. The zero-order chi connectivity index (χ0) is 11.5. The molecule has 16 heavy (non-hydrogen) atoms. The predicted molar refractivity (Wildman–Crippen MR) is 58.6 cm³/mol. The second kappa shape index (κ2) is 4.46. The molecular weight excluding hydrogens is 253 g/mol. The number of carbonyl (C=O) groups is 1. The maximum atomic E-state index is 11.5. The Morgan fingerprint density at radius 3 is 2.50 bits per heavy atom. The van der Waals surface area contributed by atoms with Gasteiger partial charge in [0.05, 0.1) is 0 Å².